The van der Waals surface area contributed by atoms with Gasteiger partial charge in [-0.3, -0.25) is 4.79 Å². The van der Waals surface area contributed by atoms with Crippen LogP contribution < -0.4 is 10.1 Å². The second-order valence-corrected chi connectivity index (χ2v) is 8.11. The number of benzene rings is 1. The summed E-state index contributed by atoms with van der Waals surface area (Å²) in [6.45, 7) is 4.10. The second-order valence-electron chi connectivity index (χ2n) is 6.57. The van der Waals surface area contributed by atoms with Gasteiger partial charge >= 0.3 is 5.97 Å². The third-order valence-electron chi connectivity index (χ3n) is 4.41. The molecular formula is C20H22ClNO4S. The van der Waals surface area contributed by atoms with Gasteiger partial charge in [0.1, 0.15) is 10.8 Å². The third kappa shape index (κ3) is 4.82. The molecule has 0 fully saturated rings. The number of fused-ring (bicyclic) bond motifs is 1. The van der Waals surface area contributed by atoms with E-state index in [1.54, 1.807) is 31.2 Å². The quantitative estimate of drug-likeness (QED) is 0.703. The zero-order chi connectivity index (χ0) is 19.4. The van der Waals surface area contributed by atoms with E-state index in [-0.39, 0.29) is 18.5 Å². The van der Waals surface area contributed by atoms with Crippen molar-refractivity contribution in [2.75, 3.05) is 18.5 Å². The SMILES string of the molecule is CCOC(=O)c1c(NC(=O)COc2cccc(Cl)c2)sc2c1CCC(C)C2. The molecule has 5 nitrogen and oxygen atoms in total. The molecule has 27 heavy (non-hydrogen) atoms. The Morgan fingerprint density at radius 2 is 2.19 bits per heavy atom. The van der Waals surface area contributed by atoms with E-state index in [1.165, 1.54) is 11.3 Å². The predicted molar refractivity (Wildman–Crippen MR) is 107 cm³/mol. The minimum atomic E-state index is -0.379. The summed E-state index contributed by atoms with van der Waals surface area (Å²) >= 11 is 7.38. The van der Waals surface area contributed by atoms with Crippen LogP contribution in [-0.4, -0.2) is 25.1 Å². The molecule has 1 aliphatic carbocycles. The number of rotatable bonds is 6. The van der Waals surface area contributed by atoms with Crippen molar-refractivity contribution >= 4 is 39.8 Å². The smallest absolute Gasteiger partial charge is 0.341 e. The van der Waals surface area contributed by atoms with Gasteiger partial charge in [-0.05, 0) is 55.9 Å². The number of ether oxygens (including phenoxy) is 2. The summed E-state index contributed by atoms with van der Waals surface area (Å²) in [6.07, 6.45) is 2.78. The number of anilines is 1. The number of thiophene rings is 1. The van der Waals surface area contributed by atoms with E-state index >= 15 is 0 Å². The molecule has 1 atom stereocenters. The zero-order valence-corrected chi connectivity index (χ0v) is 16.9. The standard InChI is InChI=1S/C20H22ClNO4S/c1-3-25-20(24)18-15-8-7-12(2)9-16(15)27-19(18)22-17(23)11-26-14-6-4-5-13(21)10-14/h4-6,10,12H,3,7-9,11H2,1-2H3,(H,22,23). The monoisotopic (exact) mass is 407 g/mol. The lowest BCUT2D eigenvalue weighted by Crippen LogP contribution is -2.21. The van der Waals surface area contributed by atoms with Gasteiger partial charge in [-0.1, -0.05) is 24.6 Å². The van der Waals surface area contributed by atoms with Crippen molar-refractivity contribution in [2.45, 2.75) is 33.1 Å². The molecule has 0 saturated heterocycles. The van der Waals surface area contributed by atoms with Crippen LogP contribution in [0.1, 0.15) is 41.1 Å². The first-order valence-corrected chi connectivity index (χ1v) is 10.2. The lowest BCUT2D eigenvalue weighted by molar-refractivity contribution is -0.118. The first-order valence-electron chi connectivity index (χ1n) is 8.97. The number of hydrogen-bond acceptors (Lipinski definition) is 5. The number of hydrogen-bond donors (Lipinski definition) is 1. The van der Waals surface area contributed by atoms with Crippen molar-refractivity contribution < 1.29 is 19.1 Å². The summed E-state index contributed by atoms with van der Waals surface area (Å²) in [5, 5.41) is 3.92. The van der Waals surface area contributed by atoms with Crippen LogP contribution in [0.4, 0.5) is 5.00 Å². The van der Waals surface area contributed by atoms with Crippen LogP contribution in [0.25, 0.3) is 0 Å². The molecule has 1 heterocycles. The van der Waals surface area contributed by atoms with E-state index in [4.69, 9.17) is 21.1 Å². The average Bonchev–Trinajstić information content (AvgIpc) is 2.97. The fourth-order valence-electron chi connectivity index (χ4n) is 3.13. The highest BCUT2D eigenvalue weighted by molar-refractivity contribution is 7.17. The molecule has 7 heteroatoms. The van der Waals surface area contributed by atoms with Gasteiger partial charge in [0.2, 0.25) is 0 Å². The van der Waals surface area contributed by atoms with Crippen molar-refractivity contribution in [2.24, 2.45) is 5.92 Å². The van der Waals surface area contributed by atoms with Gasteiger partial charge in [0.15, 0.2) is 6.61 Å². The molecule has 1 N–H and O–H groups in total. The molecule has 1 amide bonds. The number of carbonyl (C=O) groups is 2. The van der Waals surface area contributed by atoms with E-state index in [0.29, 0.717) is 33.9 Å². The zero-order valence-electron chi connectivity index (χ0n) is 15.3. The lowest BCUT2D eigenvalue weighted by atomic mass is 9.88. The number of esters is 1. The van der Waals surface area contributed by atoms with Crippen molar-refractivity contribution in [3.05, 3.63) is 45.3 Å². The van der Waals surface area contributed by atoms with Crippen molar-refractivity contribution in [1.29, 1.82) is 0 Å². The molecule has 0 radical (unpaired) electrons. The summed E-state index contributed by atoms with van der Waals surface area (Å²) in [6, 6.07) is 6.86. The first kappa shape index (κ1) is 19.7. The molecule has 144 valence electrons. The summed E-state index contributed by atoms with van der Waals surface area (Å²) in [4.78, 5) is 26.0. The Morgan fingerprint density at radius 1 is 1.37 bits per heavy atom. The second kappa shape index (κ2) is 8.76. The van der Waals surface area contributed by atoms with E-state index in [2.05, 4.69) is 12.2 Å². The van der Waals surface area contributed by atoms with Gasteiger partial charge in [0.05, 0.1) is 12.2 Å². The summed E-state index contributed by atoms with van der Waals surface area (Å²) < 4.78 is 10.7. The van der Waals surface area contributed by atoms with Crippen LogP contribution in [0, 0.1) is 5.92 Å². The van der Waals surface area contributed by atoms with Crippen LogP contribution in [0.5, 0.6) is 5.75 Å². The highest BCUT2D eigenvalue weighted by Crippen LogP contribution is 2.40. The van der Waals surface area contributed by atoms with E-state index in [0.717, 1.165) is 29.7 Å². The van der Waals surface area contributed by atoms with Gasteiger partial charge in [-0.15, -0.1) is 11.3 Å². The van der Waals surface area contributed by atoms with Crippen molar-refractivity contribution in [3.63, 3.8) is 0 Å². The molecule has 2 aromatic rings. The topological polar surface area (TPSA) is 64.6 Å². The predicted octanol–water partition coefficient (Wildman–Crippen LogP) is 4.72. The molecule has 1 aromatic carbocycles. The molecule has 3 rings (SSSR count). The Hall–Kier alpha value is -2.05. The average molecular weight is 408 g/mol. The Kier molecular flexibility index (Phi) is 6.39. The number of amides is 1. The van der Waals surface area contributed by atoms with Crippen LogP contribution in [0.3, 0.4) is 0 Å². The van der Waals surface area contributed by atoms with Gasteiger partial charge in [-0.2, -0.15) is 0 Å². The van der Waals surface area contributed by atoms with Crippen molar-refractivity contribution in [3.8, 4) is 5.75 Å². The minimum absolute atomic E-state index is 0.165. The maximum atomic E-state index is 12.5. The molecule has 1 aliphatic rings. The third-order valence-corrected chi connectivity index (χ3v) is 5.82. The molecule has 0 aliphatic heterocycles. The van der Waals surface area contributed by atoms with E-state index in [1.807, 2.05) is 0 Å². The largest absolute Gasteiger partial charge is 0.484 e. The molecular weight excluding hydrogens is 386 g/mol. The van der Waals surface area contributed by atoms with Crippen LogP contribution in [0.15, 0.2) is 24.3 Å². The van der Waals surface area contributed by atoms with Gasteiger partial charge in [0.25, 0.3) is 5.91 Å². The fourth-order valence-corrected chi connectivity index (χ4v) is 4.72. The number of carbonyl (C=O) groups excluding carboxylic acids is 2. The maximum absolute atomic E-state index is 12.5. The van der Waals surface area contributed by atoms with Gasteiger partial charge in [-0.25, -0.2) is 4.79 Å². The van der Waals surface area contributed by atoms with Gasteiger partial charge in [0, 0.05) is 9.90 Å². The highest BCUT2D eigenvalue weighted by Gasteiger charge is 2.29. The molecule has 0 spiro atoms. The normalized spacial score (nSPS) is 15.7. The van der Waals surface area contributed by atoms with Crippen molar-refractivity contribution in [1.82, 2.24) is 0 Å². The maximum Gasteiger partial charge on any atom is 0.341 e. The summed E-state index contributed by atoms with van der Waals surface area (Å²) in [7, 11) is 0. The fraction of sp³-hybridized carbons (Fsp3) is 0.400. The first-order chi connectivity index (χ1) is 13.0. The minimum Gasteiger partial charge on any atom is -0.484 e. The van der Waals surface area contributed by atoms with E-state index < -0.39 is 0 Å². The van der Waals surface area contributed by atoms with E-state index in [9.17, 15) is 9.59 Å². The highest BCUT2D eigenvalue weighted by atomic mass is 35.5. The van der Waals surface area contributed by atoms with Crippen LogP contribution in [0.2, 0.25) is 5.02 Å². The molecule has 0 bridgehead atoms. The lowest BCUT2D eigenvalue weighted by Gasteiger charge is -2.18. The number of halogens is 1. The molecule has 1 unspecified atom stereocenters. The Morgan fingerprint density at radius 3 is 2.93 bits per heavy atom. The molecule has 1 aromatic heterocycles. The summed E-state index contributed by atoms with van der Waals surface area (Å²) in [5.41, 5.74) is 1.52. The van der Waals surface area contributed by atoms with Crippen LogP contribution in [-0.2, 0) is 22.4 Å². The number of nitrogens with one attached hydrogen (secondary N) is 1. The van der Waals surface area contributed by atoms with Crippen LogP contribution >= 0.6 is 22.9 Å². The Labute approximate surface area is 167 Å². The summed E-state index contributed by atoms with van der Waals surface area (Å²) in [5.74, 6) is 0.381. The Balaban J connectivity index is 1.75. The Bertz CT molecular complexity index is 849. The molecule has 0 saturated carbocycles. The van der Waals surface area contributed by atoms with Gasteiger partial charge < -0.3 is 14.8 Å².